The highest BCUT2D eigenvalue weighted by Crippen LogP contribution is 2.28. The van der Waals surface area contributed by atoms with Crippen LogP contribution < -0.4 is 0 Å². The second-order valence-electron chi connectivity index (χ2n) is 2.81. The number of carbonyl (C=O) groups is 1. The van der Waals surface area contributed by atoms with Gasteiger partial charge in [0.15, 0.2) is 0 Å². The van der Waals surface area contributed by atoms with Gasteiger partial charge in [0, 0.05) is 15.9 Å². The lowest BCUT2D eigenvalue weighted by atomic mass is 10.2. The maximum Gasteiger partial charge on any atom is 0.268 e. The van der Waals surface area contributed by atoms with Crippen molar-refractivity contribution in [1.29, 1.82) is 0 Å². The second-order valence-corrected chi connectivity index (χ2v) is 3.99. The van der Waals surface area contributed by atoms with Crippen LogP contribution >= 0.6 is 34.8 Å². The van der Waals surface area contributed by atoms with E-state index in [-0.39, 0.29) is 0 Å². The van der Waals surface area contributed by atoms with Gasteiger partial charge in [0.05, 0.1) is 10.7 Å². The Bertz CT molecular complexity index is 518. The molecule has 0 atom stereocenters. The average Bonchev–Trinajstić information content (AvgIpc) is 2.47. The minimum absolute atomic E-state index is 0.311. The maximum atomic E-state index is 10.9. The summed E-state index contributed by atoms with van der Waals surface area (Å²) in [6.07, 6.45) is 0. The lowest BCUT2D eigenvalue weighted by molar-refractivity contribution is 0.107. The first-order valence-corrected chi connectivity index (χ1v) is 4.89. The Morgan fingerprint density at radius 2 is 1.93 bits per heavy atom. The van der Waals surface area contributed by atoms with E-state index in [1.165, 1.54) is 0 Å². The van der Waals surface area contributed by atoms with E-state index in [9.17, 15) is 4.79 Å². The highest BCUT2D eigenvalue weighted by molar-refractivity contribution is 6.67. The van der Waals surface area contributed by atoms with E-state index in [0.717, 1.165) is 5.39 Å². The lowest BCUT2D eigenvalue weighted by Gasteiger charge is -1.94. The summed E-state index contributed by atoms with van der Waals surface area (Å²) >= 11 is 17.0. The smallest absolute Gasteiger partial charge is 0.268 e. The van der Waals surface area contributed by atoms with Crippen LogP contribution in [-0.4, -0.2) is 10.2 Å². The van der Waals surface area contributed by atoms with Crippen LogP contribution in [0, 0.1) is 0 Å². The van der Waals surface area contributed by atoms with Crippen molar-refractivity contribution < 1.29 is 4.79 Å². The molecule has 14 heavy (non-hydrogen) atoms. The van der Waals surface area contributed by atoms with Crippen LogP contribution in [0.4, 0.5) is 0 Å². The van der Waals surface area contributed by atoms with Crippen molar-refractivity contribution in [3.63, 3.8) is 0 Å². The highest BCUT2D eigenvalue weighted by Gasteiger charge is 2.09. The molecule has 0 aliphatic carbocycles. The predicted octanol–water partition coefficient (Wildman–Crippen LogP) is 3.85. The zero-order chi connectivity index (χ0) is 10.3. The fourth-order valence-corrected chi connectivity index (χ4v) is 1.92. The van der Waals surface area contributed by atoms with Crippen molar-refractivity contribution in [1.82, 2.24) is 4.98 Å². The topological polar surface area (TPSA) is 32.9 Å². The van der Waals surface area contributed by atoms with E-state index in [0.29, 0.717) is 21.3 Å². The molecule has 1 aromatic carbocycles. The Balaban J connectivity index is 2.76. The standard InChI is InChI=1S/C9H4Cl3NO/c10-4-1-6(11)5-3-8(9(12)14)13-7(5)2-4/h1-3,13H. The van der Waals surface area contributed by atoms with Crippen LogP contribution in [0.1, 0.15) is 10.5 Å². The number of hydrogen-bond acceptors (Lipinski definition) is 1. The Hall–Kier alpha value is -0.700. The van der Waals surface area contributed by atoms with Gasteiger partial charge in [0.2, 0.25) is 0 Å². The summed E-state index contributed by atoms with van der Waals surface area (Å²) < 4.78 is 0. The molecule has 0 aliphatic heterocycles. The average molecular weight is 248 g/mol. The van der Waals surface area contributed by atoms with Crippen molar-refractivity contribution in [3.05, 3.63) is 33.9 Å². The molecule has 0 bridgehead atoms. The first-order chi connectivity index (χ1) is 6.58. The third-order valence-corrected chi connectivity index (χ3v) is 2.60. The van der Waals surface area contributed by atoms with Crippen LogP contribution in [0.5, 0.6) is 0 Å². The Kier molecular flexibility index (Phi) is 2.43. The predicted molar refractivity (Wildman–Crippen MR) is 58.5 cm³/mol. The summed E-state index contributed by atoms with van der Waals surface area (Å²) in [5.41, 5.74) is 1.01. The quantitative estimate of drug-likeness (QED) is 0.764. The molecule has 0 radical (unpaired) electrons. The number of benzene rings is 1. The van der Waals surface area contributed by atoms with E-state index in [2.05, 4.69) is 4.98 Å². The van der Waals surface area contributed by atoms with Gasteiger partial charge in [0.1, 0.15) is 0 Å². The van der Waals surface area contributed by atoms with Gasteiger partial charge in [-0.3, -0.25) is 4.79 Å². The molecule has 1 N–H and O–H groups in total. The molecule has 0 spiro atoms. The van der Waals surface area contributed by atoms with E-state index in [1.54, 1.807) is 18.2 Å². The van der Waals surface area contributed by atoms with Crippen LogP contribution in [0.2, 0.25) is 10.0 Å². The van der Waals surface area contributed by atoms with E-state index in [4.69, 9.17) is 34.8 Å². The minimum atomic E-state index is -0.548. The summed E-state index contributed by atoms with van der Waals surface area (Å²) in [5.74, 6) is 0. The van der Waals surface area contributed by atoms with Crippen LogP contribution in [0.15, 0.2) is 18.2 Å². The van der Waals surface area contributed by atoms with Crippen molar-refractivity contribution in [2.75, 3.05) is 0 Å². The van der Waals surface area contributed by atoms with Crippen LogP contribution in [0.3, 0.4) is 0 Å². The molecular formula is C9H4Cl3NO. The zero-order valence-electron chi connectivity index (χ0n) is 6.77. The van der Waals surface area contributed by atoms with Gasteiger partial charge in [-0.15, -0.1) is 0 Å². The molecule has 2 rings (SSSR count). The fraction of sp³-hybridized carbons (Fsp3) is 0. The zero-order valence-corrected chi connectivity index (χ0v) is 9.04. The molecule has 1 aromatic heterocycles. The SMILES string of the molecule is O=C(Cl)c1cc2c(Cl)cc(Cl)cc2[nH]1. The monoisotopic (exact) mass is 247 g/mol. The van der Waals surface area contributed by atoms with Crippen molar-refractivity contribution in [3.8, 4) is 0 Å². The summed E-state index contributed by atoms with van der Waals surface area (Å²) in [4.78, 5) is 13.7. The largest absolute Gasteiger partial charge is 0.351 e. The molecule has 0 saturated carbocycles. The Morgan fingerprint density at radius 1 is 1.21 bits per heavy atom. The lowest BCUT2D eigenvalue weighted by Crippen LogP contribution is -1.85. The summed E-state index contributed by atoms with van der Waals surface area (Å²) in [6, 6.07) is 4.90. The molecular weight excluding hydrogens is 244 g/mol. The maximum absolute atomic E-state index is 10.9. The highest BCUT2D eigenvalue weighted by atomic mass is 35.5. The molecule has 0 saturated heterocycles. The minimum Gasteiger partial charge on any atom is -0.351 e. The van der Waals surface area contributed by atoms with Crippen LogP contribution in [0.25, 0.3) is 10.9 Å². The van der Waals surface area contributed by atoms with Crippen molar-refractivity contribution in [2.45, 2.75) is 0 Å². The first-order valence-electron chi connectivity index (χ1n) is 3.75. The Labute approximate surface area is 94.8 Å². The third-order valence-electron chi connectivity index (χ3n) is 1.86. The van der Waals surface area contributed by atoms with Gasteiger partial charge in [-0.2, -0.15) is 0 Å². The van der Waals surface area contributed by atoms with E-state index in [1.807, 2.05) is 0 Å². The molecule has 0 unspecified atom stereocenters. The van der Waals surface area contributed by atoms with Gasteiger partial charge >= 0.3 is 0 Å². The number of aromatic amines is 1. The van der Waals surface area contributed by atoms with Crippen molar-refractivity contribution in [2.24, 2.45) is 0 Å². The number of fused-ring (bicyclic) bond motifs is 1. The fourth-order valence-electron chi connectivity index (χ4n) is 1.27. The molecule has 0 fully saturated rings. The number of nitrogens with one attached hydrogen (secondary N) is 1. The first kappa shape index (κ1) is 9.84. The normalized spacial score (nSPS) is 10.8. The summed E-state index contributed by atoms with van der Waals surface area (Å²) in [7, 11) is 0. The number of H-pyrrole nitrogens is 1. The second kappa shape index (κ2) is 3.46. The van der Waals surface area contributed by atoms with E-state index >= 15 is 0 Å². The number of carbonyl (C=O) groups excluding carboxylic acids is 1. The Morgan fingerprint density at radius 3 is 2.57 bits per heavy atom. The summed E-state index contributed by atoms with van der Waals surface area (Å²) in [5, 5.41) is 1.19. The van der Waals surface area contributed by atoms with Gasteiger partial charge in [0.25, 0.3) is 5.24 Å². The van der Waals surface area contributed by atoms with Crippen molar-refractivity contribution >= 4 is 50.9 Å². The van der Waals surface area contributed by atoms with E-state index < -0.39 is 5.24 Å². The van der Waals surface area contributed by atoms with Gasteiger partial charge in [-0.25, -0.2) is 0 Å². The third kappa shape index (κ3) is 1.61. The molecule has 72 valence electrons. The van der Waals surface area contributed by atoms with Gasteiger partial charge < -0.3 is 4.98 Å². The molecule has 0 aliphatic rings. The van der Waals surface area contributed by atoms with Crippen LogP contribution in [-0.2, 0) is 0 Å². The molecule has 1 heterocycles. The van der Waals surface area contributed by atoms with Gasteiger partial charge in [-0.1, -0.05) is 23.2 Å². The molecule has 2 aromatic rings. The molecule has 0 amide bonds. The number of hydrogen-bond donors (Lipinski definition) is 1. The number of halogens is 3. The number of rotatable bonds is 1. The molecule has 5 heteroatoms. The summed E-state index contributed by atoms with van der Waals surface area (Å²) in [6.45, 7) is 0. The van der Waals surface area contributed by atoms with Gasteiger partial charge in [-0.05, 0) is 29.8 Å². The number of aromatic nitrogens is 1. The molecule has 2 nitrogen and oxygen atoms in total.